The molecule has 1 aromatic carbocycles. The van der Waals surface area contributed by atoms with Crippen molar-refractivity contribution in [3.63, 3.8) is 0 Å². The van der Waals surface area contributed by atoms with E-state index in [1.54, 1.807) is 0 Å². The highest BCUT2D eigenvalue weighted by atomic mass is 79.9. The number of nitrogens with zero attached hydrogens (tertiary/aromatic N) is 2. The molecule has 0 saturated carbocycles. The van der Waals surface area contributed by atoms with Crippen molar-refractivity contribution in [2.75, 3.05) is 13.1 Å². The van der Waals surface area contributed by atoms with Gasteiger partial charge in [0.25, 0.3) is 0 Å². The summed E-state index contributed by atoms with van der Waals surface area (Å²) in [6.07, 6.45) is 6.21. The van der Waals surface area contributed by atoms with E-state index in [1.807, 2.05) is 18.6 Å². The molecule has 106 valence electrons. The molecule has 2 aromatic rings. The molecule has 1 aromatic heterocycles. The molecule has 0 spiro atoms. The van der Waals surface area contributed by atoms with Crippen LogP contribution >= 0.6 is 31.9 Å². The molecule has 1 aliphatic rings. The van der Waals surface area contributed by atoms with Crippen LogP contribution in [0, 0.1) is 0 Å². The second kappa shape index (κ2) is 5.62. The van der Waals surface area contributed by atoms with Crippen LogP contribution in [0.15, 0.2) is 39.7 Å². The first-order valence-electron chi connectivity index (χ1n) is 6.79. The lowest BCUT2D eigenvalue weighted by Gasteiger charge is -2.34. The molecule has 0 atom stereocenters. The van der Waals surface area contributed by atoms with Gasteiger partial charge in [-0.3, -0.25) is 0 Å². The summed E-state index contributed by atoms with van der Waals surface area (Å²) in [6.45, 7) is 4.48. The van der Waals surface area contributed by atoms with Gasteiger partial charge in [0.1, 0.15) is 0 Å². The van der Waals surface area contributed by atoms with Gasteiger partial charge in [-0.2, -0.15) is 0 Å². The maximum Gasteiger partial charge on any atom is 0.0994 e. The molecule has 3 nitrogen and oxygen atoms in total. The number of piperidine rings is 1. The lowest BCUT2D eigenvalue weighted by atomic mass is 9.78. The van der Waals surface area contributed by atoms with E-state index in [4.69, 9.17) is 0 Å². The van der Waals surface area contributed by atoms with Gasteiger partial charge in [-0.25, -0.2) is 4.98 Å². The Balaban J connectivity index is 2.08. The number of rotatable bonds is 2. The Morgan fingerprint density at radius 2 is 2.00 bits per heavy atom. The predicted molar refractivity (Wildman–Crippen MR) is 88.4 cm³/mol. The zero-order chi connectivity index (χ0) is 14.2. The summed E-state index contributed by atoms with van der Waals surface area (Å²) < 4.78 is 4.36. The first-order chi connectivity index (χ1) is 9.60. The smallest absolute Gasteiger partial charge is 0.0994 e. The molecule has 3 rings (SSSR count). The third kappa shape index (κ3) is 2.59. The fourth-order valence-electron chi connectivity index (χ4n) is 2.84. The maximum absolute atomic E-state index is 4.40. The first-order valence-corrected chi connectivity index (χ1v) is 8.38. The summed E-state index contributed by atoms with van der Waals surface area (Å²) in [5, 5.41) is 3.44. The quantitative estimate of drug-likeness (QED) is 0.827. The lowest BCUT2D eigenvalue weighted by molar-refractivity contribution is 0.324. The van der Waals surface area contributed by atoms with Crippen LogP contribution in [0.2, 0.25) is 0 Å². The van der Waals surface area contributed by atoms with Crippen molar-refractivity contribution in [1.82, 2.24) is 14.9 Å². The number of nitrogens with one attached hydrogen (secondary N) is 1. The molecule has 0 aliphatic carbocycles. The molecule has 5 heteroatoms. The minimum Gasteiger partial charge on any atom is -0.317 e. The summed E-state index contributed by atoms with van der Waals surface area (Å²) in [5.74, 6) is 0. The topological polar surface area (TPSA) is 29.9 Å². The molecule has 1 N–H and O–H groups in total. The largest absolute Gasteiger partial charge is 0.317 e. The van der Waals surface area contributed by atoms with Gasteiger partial charge in [0, 0.05) is 26.3 Å². The van der Waals surface area contributed by atoms with Crippen LogP contribution in [0.4, 0.5) is 0 Å². The molecule has 1 fully saturated rings. The van der Waals surface area contributed by atoms with Gasteiger partial charge >= 0.3 is 0 Å². The highest BCUT2D eigenvalue weighted by Crippen LogP contribution is 2.35. The van der Waals surface area contributed by atoms with E-state index in [9.17, 15) is 0 Å². The SMILES string of the molecule is CC1(c2cncn2-c2cc(Br)ccc2Br)CCNCC1. The summed E-state index contributed by atoms with van der Waals surface area (Å²) >= 11 is 7.20. The Morgan fingerprint density at radius 1 is 1.25 bits per heavy atom. The van der Waals surface area contributed by atoms with Crippen LogP contribution < -0.4 is 5.32 Å². The van der Waals surface area contributed by atoms with E-state index in [0.717, 1.165) is 40.6 Å². The van der Waals surface area contributed by atoms with Gasteiger partial charge < -0.3 is 9.88 Å². The van der Waals surface area contributed by atoms with Gasteiger partial charge in [0.05, 0.1) is 12.0 Å². The minimum atomic E-state index is 0.184. The van der Waals surface area contributed by atoms with Crippen molar-refractivity contribution in [1.29, 1.82) is 0 Å². The molecule has 0 unspecified atom stereocenters. The van der Waals surface area contributed by atoms with E-state index < -0.39 is 0 Å². The zero-order valence-electron chi connectivity index (χ0n) is 11.4. The van der Waals surface area contributed by atoms with Crippen molar-refractivity contribution in [3.05, 3.63) is 45.4 Å². The second-order valence-electron chi connectivity index (χ2n) is 5.56. The van der Waals surface area contributed by atoms with Crippen molar-refractivity contribution < 1.29 is 0 Å². The van der Waals surface area contributed by atoms with Crippen LogP contribution in [-0.4, -0.2) is 22.6 Å². The summed E-state index contributed by atoms with van der Waals surface area (Å²) in [4.78, 5) is 4.40. The van der Waals surface area contributed by atoms with Crippen LogP contribution in [0.25, 0.3) is 5.69 Å². The Hall–Kier alpha value is -0.650. The van der Waals surface area contributed by atoms with Gasteiger partial charge in [0.2, 0.25) is 0 Å². The fourth-order valence-corrected chi connectivity index (χ4v) is 3.63. The van der Waals surface area contributed by atoms with E-state index in [0.29, 0.717) is 0 Å². The van der Waals surface area contributed by atoms with Gasteiger partial charge in [-0.05, 0) is 60.1 Å². The normalized spacial score (nSPS) is 18.1. The highest BCUT2D eigenvalue weighted by Gasteiger charge is 2.32. The first kappa shape index (κ1) is 14.3. The van der Waals surface area contributed by atoms with Crippen molar-refractivity contribution in [3.8, 4) is 5.69 Å². The van der Waals surface area contributed by atoms with Crippen LogP contribution in [0.1, 0.15) is 25.5 Å². The molecule has 0 bridgehead atoms. The van der Waals surface area contributed by atoms with E-state index in [2.05, 4.69) is 65.8 Å². The molecule has 20 heavy (non-hydrogen) atoms. The van der Waals surface area contributed by atoms with E-state index in [-0.39, 0.29) is 5.41 Å². The number of hydrogen-bond donors (Lipinski definition) is 1. The Bertz CT molecular complexity index is 615. The number of halogens is 2. The van der Waals surface area contributed by atoms with E-state index >= 15 is 0 Å². The van der Waals surface area contributed by atoms with Crippen LogP contribution in [0.5, 0.6) is 0 Å². The van der Waals surface area contributed by atoms with Crippen molar-refractivity contribution in [2.24, 2.45) is 0 Å². The van der Waals surface area contributed by atoms with Crippen molar-refractivity contribution in [2.45, 2.75) is 25.2 Å². The van der Waals surface area contributed by atoms with Crippen LogP contribution in [0.3, 0.4) is 0 Å². The summed E-state index contributed by atoms with van der Waals surface area (Å²) in [7, 11) is 0. The fraction of sp³-hybridized carbons (Fsp3) is 0.400. The predicted octanol–water partition coefficient (Wildman–Crippen LogP) is 4.04. The van der Waals surface area contributed by atoms with Gasteiger partial charge in [-0.1, -0.05) is 22.9 Å². The standard InChI is InChI=1S/C15H17Br2N3/c1-15(4-6-18-7-5-15)14-9-19-10-20(14)13-8-11(16)2-3-12(13)17/h2-3,8-10,18H,4-7H2,1H3. The number of imidazole rings is 1. The average Bonchev–Trinajstić information content (AvgIpc) is 2.92. The number of aromatic nitrogens is 2. The monoisotopic (exact) mass is 397 g/mol. The molecule has 1 aliphatic heterocycles. The van der Waals surface area contributed by atoms with Gasteiger partial charge in [-0.15, -0.1) is 0 Å². The number of benzene rings is 1. The third-order valence-corrected chi connectivity index (χ3v) is 5.30. The average molecular weight is 399 g/mol. The molecule has 2 heterocycles. The number of hydrogen-bond acceptors (Lipinski definition) is 2. The molecular formula is C15H17Br2N3. The molecule has 1 saturated heterocycles. The molecule has 0 radical (unpaired) electrons. The lowest BCUT2D eigenvalue weighted by Crippen LogP contribution is -2.38. The molecule has 0 amide bonds. The maximum atomic E-state index is 4.40. The Kier molecular flexibility index (Phi) is 4.02. The van der Waals surface area contributed by atoms with Gasteiger partial charge in [0.15, 0.2) is 0 Å². The Labute approximate surface area is 136 Å². The minimum absolute atomic E-state index is 0.184. The van der Waals surface area contributed by atoms with E-state index in [1.165, 1.54) is 5.69 Å². The zero-order valence-corrected chi connectivity index (χ0v) is 14.5. The second-order valence-corrected chi connectivity index (χ2v) is 7.33. The summed E-state index contributed by atoms with van der Waals surface area (Å²) in [5.41, 5.74) is 2.60. The highest BCUT2D eigenvalue weighted by molar-refractivity contribution is 9.11. The third-order valence-electron chi connectivity index (χ3n) is 4.13. The summed E-state index contributed by atoms with van der Waals surface area (Å²) in [6, 6.07) is 6.23. The van der Waals surface area contributed by atoms with Crippen LogP contribution in [-0.2, 0) is 5.41 Å². The van der Waals surface area contributed by atoms with Crippen molar-refractivity contribution >= 4 is 31.9 Å². The molecular weight excluding hydrogens is 382 g/mol. The Morgan fingerprint density at radius 3 is 2.75 bits per heavy atom.